The van der Waals surface area contributed by atoms with Crippen molar-refractivity contribution in [1.82, 2.24) is 4.90 Å². The van der Waals surface area contributed by atoms with E-state index in [-0.39, 0.29) is 5.91 Å². The van der Waals surface area contributed by atoms with E-state index < -0.39 is 12.1 Å². The Morgan fingerprint density at radius 1 is 1.14 bits per heavy atom. The second-order valence-electron chi connectivity index (χ2n) is 5.78. The van der Waals surface area contributed by atoms with E-state index in [1.807, 2.05) is 35.2 Å². The van der Waals surface area contributed by atoms with Gasteiger partial charge in [-0.25, -0.2) is 0 Å². The number of amides is 1. The zero-order valence-corrected chi connectivity index (χ0v) is 12.9. The molecule has 1 saturated heterocycles. The molecule has 0 aliphatic carbocycles. The minimum absolute atomic E-state index is 0.0164. The summed E-state index contributed by atoms with van der Waals surface area (Å²) in [5, 5.41) is 2.21. The van der Waals surface area contributed by atoms with Gasteiger partial charge < -0.3 is 15.4 Å². The number of carbonyl (C=O) groups excluding carboxylic acids is 1. The lowest BCUT2D eigenvalue weighted by Gasteiger charge is -2.27. The first kappa shape index (κ1) is 15.0. The van der Waals surface area contributed by atoms with Crippen LogP contribution in [0, 0.1) is 0 Å². The Labute approximate surface area is 130 Å². The number of ether oxygens (including phenoxy) is 1. The highest BCUT2D eigenvalue weighted by Gasteiger charge is 2.31. The summed E-state index contributed by atoms with van der Waals surface area (Å²) in [4.78, 5) is 14.4. The number of carbonyl (C=O) groups is 1. The minimum Gasteiger partial charge on any atom is -0.375 e. The zero-order valence-electron chi connectivity index (χ0n) is 12.9. The molecule has 4 nitrogen and oxygen atoms in total. The summed E-state index contributed by atoms with van der Waals surface area (Å²) in [5.74, 6) is -0.0164. The van der Waals surface area contributed by atoms with Crippen molar-refractivity contribution in [2.45, 2.75) is 25.0 Å². The molecule has 0 radical (unpaired) electrons. The molecule has 1 fully saturated rings. The van der Waals surface area contributed by atoms with Gasteiger partial charge in [-0.15, -0.1) is 0 Å². The largest absolute Gasteiger partial charge is 0.375 e. The maximum atomic E-state index is 12.6. The molecule has 0 spiro atoms. The summed E-state index contributed by atoms with van der Waals surface area (Å²) in [7, 11) is 1.61. The van der Waals surface area contributed by atoms with E-state index in [0.717, 1.165) is 42.3 Å². The Kier molecular flexibility index (Phi) is 4.41. The molecule has 0 bridgehead atoms. The molecular weight excluding hydrogens is 276 g/mol. The Morgan fingerprint density at radius 3 is 2.55 bits per heavy atom. The van der Waals surface area contributed by atoms with Gasteiger partial charge in [0.2, 0.25) is 5.91 Å². The van der Waals surface area contributed by atoms with Crippen molar-refractivity contribution in [3.05, 3.63) is 48.0 Å². The normalized spacial score (nSPS) is 17.6. The van der Waals surface area contributed by atoms with Crippen molar-refractivity contribution >= 4 is 16.7 Å². The standard InChI is InChI=1S/C18H22N2O2/c1-22-17(16(19)18(21)20-11-4-5-12-20)15-10-6-8-13-7-2-3-9-14(13)15/h2-3,6-10,16-17H,4-5,11-12,19H2,1H3/t16-,17+/m1/s1. The predicted molar refractivity (Wildman–Crippen MR) is 87.5 cm³/mol. The molecular formula is C18H22N2O2. The topological polar surface area (TPSA) is 55.6 Å². The SMILES string of the molecule is CO[C@@H](c1cccc2ccccc12)[C@@H](N)C(=O)N1CCCC1. The van der Waals surface area contributed by atoms with Crippen LogP contribution in [0.25, 0.3) is 10.8 Å². The van der Waals surface area contributed by atoms with Gasteiger partial charge in [-0.1, -0.05) is 42.5 Å². The third kappa shape index (κ3) is 2.72. The van der Waals surface area contributed by atoms with Gasteiger partial charge in [-0.2, -0.15) is 0 Å². The zero-order chi connectivity index (χ0) is 15.5. The molecule has 4 heteroatoms. The van der Waals surface area contributed by atoms with Gasteiger partial charge in [0.25, 0.3) is 0 Å². The molecule has 1 heterocycles. The number of hydrogen-bond acceptors (Lipinski definition) is 3. The van der Waals surface area contributed by atoms with Crippen molar-refractivity contribution < 1.29 is 9.53 Å². The summed E-state index contributed by atoms with van der Waals surface area (Å²) in [6.45, 7) is 1.61. The molecule has 2 atom stereocenters. The minimum atomic E-state index is -0.672. The van der Waals surface area contributed by atoms with Crippen LogP contribution in [0.15, 0.2) is 42.5 Å². The van der Waals surface area contributed by atoms with Gasteiger partial charge in [-0.3, -0.25) is 4.79 Å². The van der Waals surface area contributed by atoms with Gasteiger partial charge in [0.15, 0.2) is 0 Å². The first-order valence-electron chi connectivity index (χ1n) is 7.77. The highest BCUT2D eigenvalue weighted by Crippen LogP contribution is 2.29. The van der Waals surface area contributed by atoms with Gasteiger partial charge in [0.05, 0.1) is 0 Å². The molecule has 0 aromatic heterocycles. The second kappa shape index (κ2) is 6.46. The average Bonchev–Trinajstić information content (AvgIpc) is 3.09. The van der Waals surface area contributed by atoms with Crippen molar-refractivity contribution in [3.8, 4) is 0 Å². The van der Waals surface area contributed by atoms with Crippen LogP contribution < -0.4 is 5.73 Å². The number of nitrogens with two attached hydrogens (primary N) is 1. The monoisotopic (exact) mass is 298 g/mol. The molecule has 2 aromatic rings. The Hall–Kier alpha value is -1.91. The molecule has 22 heavy (non-hydrogen) atoms. The van der Waals surface area contributed by atoms with Gasteiger partial charge >= 0.3 is 0 Å². The molecule has 2 N–H and O–H groups in total. The summed E-state index contributed by atoms with van der Waals surface area (Å²) < 4.78 is 5.61. The van der Waals surface area contributed by atoms with Crippen LogP contribution in [0.2, 0.25) is 0 Å². The number of likely N-dealkylation sites (tertiary alicyclic amines) is 1. The number of fused-ring (bicyclic) bond motifs is 1. The molecule has 1 amide bonds. The molecule has 1 aliphatic rings. The molecule has 0 unspecified atom stereocenters. The maximum Gasteiger partial charge on any atom is 0.242 e. The highest BCUT2D eigenvalue weighted by atomic mass is 16.5. The van der Waals surface area contributed by atoms with Crippen molar-refractivity contribution in [1.29, 1.82) is 0 Å². The van der Waals surface area contributed by atoms with Crippen molar-refractivity contribution in [3.63, 3.8) is 0 Å². The third-order valence-electron chi connectivity index (χ3n) is 4.41. The number of rotatable bonds is 4. The van der Waals surface area contributed by atoms with Gasteiger partial charge in [0.1, 0.15) is 12.1 Å². The van der Waals surface area contributed by atoms with E-state index >= 15 is 0 Å². The summed E-state index contributed by atoms with van der Waals surface area (Å²) >= 11 is 0. The fraction of sp³-hybridized carbons (Fsp3) is 0.389. The van der Waals surface area contributed by atoms with Crippen LogP contribution in [-0.2, 0) is 9.53 Å². The Balaban J connectivity index is 1.93. The highest BCUT2D eigenvalue weighted by molar-refractivity contribution is 5.88. The van der Waals surface area contributed by atoms with Gasteiger partial charge in [0, 0.05) is 20.2 Å². The molecule has 3 rings (SSSR count). The predicted octanol–water partition coefficient (Wildman–Crippen LogP) is 2.48. The average molecular weight is 298 g/mol. The van der Waals surface area contributed by atoms with Crippen LogP contribution in [-0.4, -0.2) is 37.0 Å². The fourth-order valence-corrected chi connectivity index (χ4v) is 3.24. The van der Waals surface area contributed by atoms with E-state index in [2.05, 4.69) is 12.1 Å². The third-order valence-corrected chi connectivity index (χ3v) is 4.41. The van der Waals surface area contributed by atoms with E-state index in [4.69, 9.17) is 10.5 Å². The van der Waals surface area contributed by atoms with E-state index in [1.165, 1.54) is 0 Å². The molecule has 0 saturated carbocycles. The lowest BCUT2D eigenvalue weighted by Crippen LogP contribution is -2.46. The Bertz CT molecular complexity index is 660. The summed E-state index contributed by atoms with van der Waals surface area (Å²) in [6.07, 6.45) is 1.69. The Morgan fingerprint density at radius 2 is 1.82 bits per heavy atom. The van der Waals surface area contributed by atoms with Crippen molar-refractivity contribution in [2.24, 2.45) is 5.73 Å². The first-order chi connectivity index (χ1) is 10.7. The number of methoxy groups -OCH3 is 1. The fourth-order valence-electron chi connectivity index (χ4n) is 3.24. The second-order valence-corrected chi connectivity index (χ2v) is 5.78. The number of benzene rings is 2. The molecule has 2 aromatic carbocycles. The van der Waals surface area contributed by atoms with E-state index in [0.29, 0.717) is 0 Å². The molecule has 1 aliphatic heterocycles. The lowest BCUT2D eigenvalue weighted by atomic mass is 9.95. The quantitative estimate of drug-likeness (QED) is 0.943. The van der Waals surface area contributed by atoms with Crippen LogP contribution in [0.3, 0.4) is 0 Å². The number of hydrogen-bond donors (Lipinski definition) is 1. The van der Waals surface area contributed by atoms with E-state index in [9.17, 15) is 4.79 Å². The summed E-state index contributed by atoms with van der Waals surface area (Å²) in [6, 6.07) is 13.5. The smallest absolute Gasteiger partial charge is 0.242 e. The maximum absolute atomic E-state index is 12.6. The van der Waals surface area contributed by atoms with Crippen molar-refractivity contribution in [2.75, 3.05) is 20.2 Å². The first-order valence-corrected chi connectivity index (χ1v) is 7.77. The van der Waals surface area contributed by atoms with Crippen LogP contribution >= 0.6 is 0 Å². The van der Waals surface area contributed by atoms with Gasteiger partial charge in [-0.05, 0) is 29.2 Å². The summed E-state index contributed by atoms with van der Waals surface area (Å²) in [5.41, 5.74) is 7.23. The van der Waals surface area contributed by atoms with Crippen LogP contribution in [0.5, 0.6) is 0 Å². The van der Waals surface area contributed by atoms with Crippen LogP contribution in [0.4, 0.5) is 0 Å². The van der Waals surface area contributed by atoms with Crippen LogP contribution in [0.1, 0.15) is 24.5 Å². The number of nitrogens with zero attached hydrogens (tertiary/aromatic N) is 1. The molecule has 116 valence electrons. The lowest BCUT2D eigenvalue weighted by molar-refractivity contribution is -0.134. The van der Waals surface area contributed by atoms with E-state index in [1.54, 1.807) is 7.11 Å².